The van der Waals surface area contributed by atoms with Crippen molar-refractivity contribution in [3.8, 4) is 0 Å². The lowest BCUT2D eigenvalue weighted by atomic mass is 9.95. The second-order valence-electron chi connectivity index (χ2n) is 5.05. The predicted octanol–water partition coefficient (Wildman–Crippen LogP) is 1.63. The Labute approximate surface area is 111 Å². The van der Waals surface area contributed by atoms with Crippen molar-refractivity contribution < 1.29 is 9.53 Å². The predicted molar refractivity (Wildman–Crippen MR) is 71.9 cm³/mol. The Balaban J connectivity index is 1.82. The van der Waals surface area contributed by atoms with Crippen LogP contribution < -0.4 is 5.73 Å². The highest BCUT2D eigenvalue weighted by Crippen LogP contribution is 2.22. The Bertz CT molecular complexity index is 600. The van der Waals surface area contributed by atoms with Crippen LogP contribution >= 0.6 is 0 Å². The summed E-state index contributed by atoms with van der Waals surface area (Å²) in [4.78, 5) is 18.7. The molecule has 0 spiro atoms. The minimum Gasteiger partial charge on any atom is -0.381 e. The smallest absolute Gasteiger partial charge is 0.267 e. The van der Waals surface area contributed by atoms with E-state index >= 15 is 0 Å². The molecule has 0 aliphatic carbocycles. The number of hydrogen-bond acceptors (Lipinski definition) is 3. The first-order valence-electron chi connectivity index (χ1n) is 6.58. The lowest BCUT2D eigenvalue weighted by Gasteiger charge is -2.21. The van der Waals surface area contributed by atoms with Crippen molar-refractivity contribution in [3.63, 3.8) is 0 Å². The van der Waals surface area contributed by atoms with Crippen molar-refractivity contribution in [2.45, 2.75) is 19.3 Å². The molecule has 1 aliphatic heterocycles. The van der Waals surface area contributed by atoms with Gasteiger partial charge in [-0.2, -0.15) is 0 Å². The highest BCUT2D eigenvalue weighted by molar-refractivity contribution is 5.93. The van der Waals surface area contributed by atoms with Crippen LogP contribution in [0.4, 0.5) is 0 Å². The van der Waals surface area contributed by atoms with Gasteiger partial charge in [0.25, 0.3) is 5.91 Å². The molecule has 19 heavy (non-hydrogen) atoms. The molecule has 2 aromatic heterocycles. The number of nitrogens with zero attached hydrogens (tertiary/aromatic N) is 1. The van der Waals surface area contributed by atoms with E-state index in [-0.39, 0.29) is 0 Å². The van der Waals surface area contributed by atoms with E-state index in [1.54, 1.807) is 6.07 Å². The molecule has 1 saturated heterocycles. The van der Waals surface area contributed by atoms with Gasteiger partial charge < -0.3 is 15.5 Å². The van der Waals surface area contributed by atoms with Gasteiger partial charge in [-0.15, -0.1) is 0 Å². The average molecular weight is 259 g/mol. The Hall–Kier alpha value is -1.88. The number of amides is 1. The fraction of sp³-hybridized carbons (Fsp3) is 0.429. The molecule has 2 aromatic rings. The molecule has 0 radical (unpaired) electrons. The number of rotatable bonds is 3. The van der Waals surface area contributed by atoms with E-state index in [0.29, 0.717) is 11.6 Å². The molecule has 100 valence electrons. The third kappa shape index (κ3) is 2.61. The van der Waals surface area contributed by atoms with Crippen LogP contribution in [-0.2, 0) is 11.2 Å². The molecule has 3 rings (SSSR count). The van der Waals surface area contributed by atoms with Gasteiger partial charge in [-0.05, 0) is 43.4 Å². The third-order valence-corrected chi connectivity index (χ3v) is 3.63. The summed E-state index contributed by atoms with van der Waals surface area (Å²) in [6.07, 6.45) is 3.22. The van der Waals surface area contributed by atoms with E-state index in [0.717, 1.165) is 49.2 Å². The summed E-state index contributed by atoms with van der Waals surface area (Å²) in [5.41, 5.74) is 8.46. The quantitative estimate of drug-likeness (QED) is 0.879. The number of primary amides is 1. The maximum Gasteiger partial charge on any atom is 0.267 e. The van der Waals surface area contributed by atoms with Gasteiger partial charge in [0.15, 0.2) is 0 Å². The molecule has 1 amide bonds. The minimum absolute atomic E-state index is 0.309. The molecule has 3 heterocycles. The zero-order valence-electron chi connectivity index (χ0n) is 10.7. The summed E-state index contributed by atoms with van der Waals surface area (Å²) in [7, 11) is 0. The largest absolute Gasteiger partial charge is 0.381 e. The zero-order valence-corrected chi connectivity index (χ0v) is 10.7. The van der Waals surface area contributed by atoms with Crippen LogP contribution in [0.5, 0.6) is 0 Å². The van der Waals surface area contributed by atoms with E-state index < -0.39 is 5.91 Å². The van der Waals surface area contributed by atoms with E-state index in [1.807, 2.05) is 12.1 Å². The second-order valence-corrected chi connectivity index (χ2v) is 5.05. The van der Waals surface area contributed by atoms with Gasteiger partial charge >= 0.3 is 0 Å². The number of pyridine rings is 1. The number of nitrogens with one attached hydrogen (secondary N) is 1. The van der Waals surface area contributed by atoms with Gasteiger partial charge in [0.1, 0.15) is 5.69 Å². The van der Waals surface area contributed by atoms with Crippen molar-refractivity contribution in [1.82, 2.24) is 9.97 Å². The van der Waals surface area contributed by atoms with Crippen LogP contribution in [0.2, 0.25) is 0 Å². The topological polar surface area (TPSA) is 81.0 Å². The number of H-pyrrole nitrogens is 1. The molecule has 0 saturated carbocycles. The van der Waals surface area contributed by atoms with Crippen LogP contribution in [-0.4, -0.2) is 29.1 Å². The number of aromatic amines is 1. The molecule has 5 nitrogen and oxygen atoms in total. The first-order valence-corrected chi connectivity index (χ1v) is 6.58. The van der Waals surface area contributed by atoms with Crippen molar-refractivity contribution in [2.75, 3.05) is 13.2 Å². The van der Waals surface area contributed by atoms with Gasteiger partial charge in [0, 0.05) is 18.9 Å². The molecule has 3 N–H and O–H groups in total. The molecule has 0 bridgehead atoms. The second kappa shape index (κ2) is 5.01. The number of carbonyl (C=O) groups is 1. The van der Waals surface area contributed by atoms with Crippen molar-refractivity contribution in [2.24, 2.45) is 11.7 Å². The number of hydrogen-bond donors (Lipinski definition) is 2. The van der Waals surface area contributed by atoms with Crippen LogP contribution in [0.3, 0.4) is 0 Å². The van der Waals surface area contributed by atoms with Gasteiger partial charge in [0.05, 0.1) is 11.0 Å². The lowest BCUT2D eigenvalue weighted by Crippen LogP contribution is -2.17. The van der Waals surface area contributed by atoms with E-state index in [1.165, 1.54) is 0 Å². The monoisotopic (exact) mass is 259 g/mol. The molecule has 5 heteroatoms. The van der Waals surface area contributed by atoms with Gasteiger partial charge in [0.2, 0.25) is 0 Å². The summed E-state index contributed by atoms with van der Waals surface area (Å²) >= 11 is 0. The van der Waals surface area contributed by atoms with Crippen molar-refractivity contribution >= 4 is 16.9 Å². The number of aromatic nitrogens is 2. The van der Waals surface area contributed by atoms with E-state index in [2.05, 4.69) is 9.97 Å². The summed E-state index contributed by atoms with van der Waals surface area (Å²) in [6.45, 7) is 1.71. The third-order valence-electron chi connectivity index (χ3n) is 3.63. The SMILES string of the molecule is NC(=O)c1ccc2[nH]c(CC3CCOCC3)cc2n1. The van der Waals surface area contributed by atoms with Gasteiger partial charge in [-0.25, -0.2) is 4.98 Å². The minimum atomic E-state index is -0.492. The van der Waals surface area contributed by atoms with Gasteiger partial charge in [-0.3, -0.25) is 4.79 Å². The van der Waals surface area contributed by atoms with Crippen LogP contribution in [0, 0.1) is 5.92 Å². The Morgan fingerprint density at radius 3 is 2.95 bits per heavy atom. The van der Waals surface area contributed by atoms with E-state index in [9.17, 15) is 4.79 Å². The number of fused-ring (bicyclic) bond motifs is 1. The summed E-state index contributed by atoms with van der Waals surface area (Å²) in [5, 5.41) is 0. The maximum absolute atomic E-state index is 11.1. The number of carbonyl (C=O) groups excluding carboxylic acids is 1. The van der Waals surface area contributed by atoms with Crippen LogP contribution in [0.15, 0.2) is 18.2 Å². The molecular formula is C14H17N3O2. The first-order chi connectivity index (χ1) is 9.22. The normalized spacial score (nSPS) is 16.8. The molecule has 0 unspecified atom stereocenters. The van der Waals surface area contributed by atoms with Crippen molar-refractivity contribution in [1.29, 1.82) is 0 Å². The number of nitrogens with two attached hydrogens (primary N) is 1. The highest BCUT2D eigenvalue weighted by atomic mass is 16.5. The molecule has 1 fully saturated rings. The Kier molecular flexibility index (Phi) is 3.21. The fourth-order valence-corrected chi connectivity index (χ4v) is 2.57. The molecule has 0 atom stereocenters. The fourth-order valence-electron chi connectivity index (χ4n) is 2.57. The van der Waals surface area contributed by atoms with E-state index in [4.69, 9.17) is 10.5 Å². The van der Waals surface area contributed by atoms with Crippen molar-refractivity contribution in [3.05, 3.63) is 29.6 Å². The number of ether oxygens (including phenoxy) is 1. The lowest BCUT2D eigenvalue weighted by molar-refractivity contribution is 0.0663. The summed E-state index contributed by atoms with van der Waals surface area (Å²) in [5.74, 6) is 0.173. The highest BCUT2D eigenvalue weighted by Gasteiger charge is 2.15. The summed E-state index contributed by atoms with van der Waals surface area (Å²) < 4.78 is 5.36. The maximum atomic E-state index is 11.1. The Morgan fingerprint density at radius 1 is 1.42 bits per heavy atom. The van der Waals surface area contributed by atoms with Gasteiger partial charge in [-0.1, -0.05) is 0 Å². The molecule has 1 aliphatic rings. The van der Waals surface area contributed by atoms with Crippen LogP contribution in [0.1, 0.15) is 29.0 Å². The van der Waals surface area contributed by atoms with Crippen LogP contribution in [0.25, 0.3) is 11.0 Å². The average Bonchev–Trinajstić information content (AvgIpc) is 2.80. The summed E-state index contributed by atoms with van der Waals surface area (Å²) in [6, 6.07) is 5.52. The first kappa shape index (κ1) is 12.2. The Morgan fingerprint density at radius 2 is 2.21 bits per heavy atom. The molecular weight excluding hydrogens is 242 g/mol. The zero-order chi connectivity index (χ0) is 13.2. The molecule has 0 aromatic carbocycles. The standard InChI is InChI=1S/C14H17N3O2/c15-14(18)12-2-1-11-13(17-12)8-10(16-11)7-9-3-5-19-6-4-9/h1-2,8-9,16H,3-7H2,(H2,15,18).